The number of hydrogen-bond acceptors (Lipinski definition) is 1. The van der Waals surface area contributed by atoms with Crippen molar-refractivity contribution in [3.8, 4) is 0 Å². The molecule has 2 nitrogen and oxygen atoms in total. The summed E-state index contributed by atoms with van der Waals surface area (Å²) in [4.78, 5) is 14.8. The van der Waals surface area contributed by atoms with Crippen LogP contribution in [0.4, 0.5) is 5.69 Å². The van der Waals surface area contributed by atoms with Gasteiger partial charge in [-0.1, -0.05) is 48.5 Å². The molecule has 0 fully saturated rings. The summed E-state index contributed by atoms with van der Waals surface area (Å²) in [7, 11) is 0. The van der Waals surface area contributed by atoms with Crippen molar-refractivity contribution in [1.82, 2.24) is 0 Å². The van der Waals surface area contributed by atoms with Gasteiger partial charge in [-0.25, -0.2) is 0 Å². The van der Waals surface area contributed by atoms with Gasteiger partial charge >= 0.3 is 0 Å². The van der Waals surface area contributed by atoms with Crippen molar-refractivity contribution >= 4 is 34.2 Å². The molecular weight excluding hydrogens is 397 g/mol. The van der Waals surface area contributed by atoms with Gasteiger partial charge in [-0.15, -0.1) is 0 Å². The first-order chi connectivity index (χ1) is 11.2. The number of carbonyl (C=O) groups excluding carboxylic acids is 1. The molecule has 0 spiro atoms. The maximum absolute atomic E-state index is 13.0. The first-order valence-corrected chi connectivity index (χ1v) is 8.48. The quantitative estimate of drug-likeness (QED) is 0.543. The first-order valence-electron chi connectivity index (χ1n) is 7.40. The summed E-state index contributed by atoms with van der Waals surface area (Å²) >= 11 is 2.24. The van der Waals surface area contributed by atoms with Gasteiger partial charge < -0.3 is 4.90 Å². The van der Waals surface area contributed by atoms with E-state index in [2.05, 4.69) is 22.6 Å². The molecule has 23 heavy (non-hydrogen) atoms. The van der Waals surface area contributed by atoms with E-state index in [1.165, 1.54) is 0 Å². The zero-order valence-corrected chi connectivity index (χ0v) is 14.7. The summed E-state index contributed by atoms with van der Waals surface area (Å²) in [5.74, 6) is 0.0106. The van der Waals surface area contributed by atoms with Crippen LogP contribution in [0.3, 0.4) is 0 Å². The molecule has 3 heteroatoms. The summed E-state index contributed by atoms with van der Waals surface area (Å²) in [6, 6.07) is 27.5. The van der Waals surface area contributed by atoms with Crippen molar-refractivity contribution in [2.45, 2.75) is 6.54 Å². The van der Waals surface area contributed by atoms with Gasteiger partial charge in [0.15, 0.2) is 0 Å². The lowest BCUT2D eigenvalue weighted by Crippen LogP contribution is -2.30. The molecule has 0 saturated heterocycles. The lowest BCUT2D eigenvalue weighted by molar-refractivity contribution is 0.0985. The molecule has 114 valence electrons. The molecule has 0 aliphatic rings. The standard InChI is InChI=1S/C20H16INO/c21-18-13-11-17(12-14-18)20(23)22(19-9-5-2-6-10-19)15-16-7-3-1-4-8-16/h1-14H,15H2. The van der Waals surface area contributed by atoms with Gasteiger partial charge in [0.25, 0.3) is 5.91 Å². The van der Waals surface area contributed by atoms with Crippen LogP contribution in [0.25, 0.3) is 0 Å². The zero-order valence-electron chi connectivity index (χ0n) is 12.5. The third-order valence-corrected chi connectivity index (χ3v) is 4.31. The van der Waals surface area contributed by atoms with Crippen LogP contribution < -0.4 is 4.90 Å². The molecule has 3 aromatic carbocycles. The van der Waals surface area contributed by atoms with E-state index in [4.69, 9.17) is 0 Å². The largest absolute Gasteiger partial charge is 0.304 e. The molecule has 0 heterocycles. The normalized spacial score (nSPS) is 10.3. The van der Waals surface area contributed by atoms with Crippen molar-refractivity contribution in [2.75, 3.05) is 4.90 Å². The number of nitrogens with zero attached hydrogens (tertiary/aromatic N) is 1. The van der Waals surface area contributed by atoms with E-state index < -0.39 is 0 Å². The Hall–Kier alpha value is -2.14. The highest BCUT2D eigenvalue weighted by Crippen LogP contribution is 2.20. The van der Waals surface area contributed by atoms with Crippen LogP contribution in [0, 0.1) is 3.57 Å². The smallest absolute Gasteiger partial charge is 0.258 e. The molecule has 0 atom stereocenters. The lowest BCUT2D eigenvalue weighted by atomic mass is 10.1. The Bertz CT molecular complexity index is 770. The minimum atomic E-state index is 0.0106. The molecule has 1 amide bonds. The molecule has 0 aliphatic heterocycles. The maximum Gasteiger partial charge on any atom is 0.258 e. The molecule has 0 N–H and O–H groups in total. The predicted molar refractivity (Wildman–Crippen MR) is 103 cm³/mol. The van der Waals surface area contributed by atoms with Crippen LogP contribution >= 0.6 is 22.6 Å². The summed E-state index contributed by atoms with van der Waals surface area (Å²) in [6.45, 7) is 0.551. The van der Waals surface area contributed by atoms with E-state index in [1.54, 1.807) is 0 Å². The average Bonchev–Trinajstić information content (AvgIpc) is 2.61. The number of amides is 1. The van der Waals surface area contributed by atoms with Crippen molar-refractivity contribution in [3.05, 3.63) is 99.6 Å². The van der Waals surface area contributed by atoms with Gasteiger partial charge in [0.2, 0.25) is 0 Å². The Morgan fingerprint density at radius 3 is 1.96 bits per heavy atom. The van der Waals surface area contributed by atoms with Crippen LogP contribution in [-0.2, 0) is 6.54 Å². The van der Waals surface area contributed by atoms with E-state index in [1.807, 2.05) is 89.8 Å². The van der Waals surface area contributed by atoms with Crippen LogP contribution in [-0.4, -0.2) is 5.91 Å². The van der Waals surface area contributed by atoms with E-state index in [9.17, 15) is 4.79 Å². The molecule has 3 aromatic rings. The number of hydrogen-bond donors (Lipinski definition) is 0. The number of halogens is 1. The van der Waals surface area contributed by atoms with Gasteiger partial charge in [-0.3, -0.25) is 4.79 Å². The predicted octanol–water partition coefficient (Wildman–Crippen LogP) is 5.14. The number of para-hydroxylation sites is 1. The van der Waals surface area contributed by atoms with E-state index in [0.717, 1.165) is 14.8 Å². The lowest BCUT2D eigenvalue weighted by Gasteiger charge is -2.23. The molecule has 3 rings (SSSR count). The fourth-order valence-corrected chi connectivity index (χ4v) is 2.76. The topological polar surface area (TPSA) is 20.3 Å². The van der Waals surface area contributed by atoms with Crippen molar-refractivity contribution in [1.29, 1.82) is 0 Å². The molecule has 0 saturated carbocycles. The minimum absolute atomic E-state index is 0.0106. The molecule has 0 aliphatic carbocycles. The summed E-state index contributed by atoms with van der Waals surface area (Å²) in [6.07, 6.45) is 0. The van der Waals surface area contributed by atoms with Gasteiger partial charge in [0.05, 0.1) is 6.54 Å². The number of benzene rings is 3. The monoisotopic (exact) mass is 413 g/mol. The van der Waals surface area contributed by atoms with Gasteiger partial charge in [-0.05, 0) is 64.6 Å². The van der Waals surface area contributed by atoms with Gasteiger partial charge in [-0.2, -0.15) is 0 Å². The Kier molecular flexibility index (Phi) is 5.08. The highest BCUT2D eigenvalue weighted by molar-refractivity contribution is 14.1. The first kappa shape index (κ1) is 15.7. The van der Waals surface area contributed by atoms with Crippen molar-refractivity contribution < 1.29 is 4.79 Å². The number of rotatable bonds is 4. The van der Waals surface area contributed by atoms with Crippen LogP contribution in [0.5, 0.6) is 0 Å². The van der Waals surface area contributed by atoms with Crippen molar-refractivity contribution in [3.63, 3.8) is 0 Å². The van der Waals surface area contributed by atoms with Gasteiger partial charge in [0.1, 0.15) is 0 Å². The Morgan fingerprint density at radius 2 is 1.35 bits per heavy atom. The fourth-order valence-electron chi connectivity index (χ4n) is 2.40. The minimum Gasteiger partial charge on any atom is -0.304 e. The summed E-state index contributed by atoms with van der Waals surface area (Å²) < 4.78 is 1.12. The summed E-state index contributed by atoms with van der Waals surface area (Å²) in [5, 5.41) is 0. The molecule has 0 aromatic heterocycles. The Balaban J connectivity index is 1.94. The van der Waals surface area contributed by atoms with Crippen molar-refractivity contribution in [2.24, 2.45) is 0 Å². The van der Waals surface area contributed by atoms with Crippen LogP contribution in [0.2, 0.25) is 0 Å². The molecule has 0 radical (unpaired) electrons. The number of carbonyl (C=O) groups is 1. The third-order valence-electron chi connectivity index (χ3n) is 3.59. The summed E-state index contributed by atoms with van der Waals surface area (Å²) in [5.41, 5.74) is 2.71. The third kappa shape index (κ3) is 3.99. The van der Waals surface area contributed by atoms with Gasteiger partial charge in [0, 0.05) is 14.8 Å². The molecule has 0 bridgehead atoms. The average molecular weight is 413 g/mol. The second kappa shape index (κ2) is 7.42. The highest BCUT2D eigenvalue weighted by atomic mass is 127. The molecular formula is C20H16INO. The highest BCUT2D eigenvalue weighted by Gasteiger charge is 2.17. The van der Waals surface area contributed by atoms with E-state index in [0.29, 0.717) is 12.1 Å². The van der Waals surface area contributed by atoms with E-state index in [-0.39, 0.29) is 5.91 Å². The maximum atomic E-state index is 13.0. The zero-order chi connectivity index (χ0) is 16.1. The number of anilines is 1. The van der Waals surface area contributed by atoms with Crippen LogP contribution in [0.1, 0.15) is 15.9 Å². The molecule has 0 unspecified atom stereocenters. The second-order valence-electron chi connectivity index (χ2n) is 5.22. The second-order valence-corrected chi connectivity index (χ2v) is 6.46. The Labute approximate surface area is 149 Å². The van der Waals surface area contributed by atoms with Crippen LogP contribution in [0.15, 0.2) is 84.9 Å². The van der Waals surface area contributed by atoms with E-state index >= 15 is 0 Å². The Morgan fingerprint density at radius 1 is 0.783 bits per heavy atom. The SMILES string of the molecule is O=C(c1ccc(I)cc1)N(Cc1ccccc1)c1ccccc1. The fraction of sp³-hybridized carbons (Fsp3) is 0.0500.